The van der Waals surface area contributed by atoms with Crippen LogP contribution in [0.25, 0.3) is 0 Å². The molecule has 160 valence electrons. The molecule has 0 aliphatic carbocycles. The van der Waals surface area contributed by atoms with E-state index in [2.05, 4.69) is 39.0 Å². The van der Waals surface area contributed by atoms with Crippen molar-refractivity contribution in [1.82, 2.24) is 19.9 Å². The van der Waals surface area contributed by atoms with Crippen LogP contribution in [0.3, 0.4) is 0 Å². The molecule has 0 spiro atoms. The molecule has 3 aromatic rings. The third-order valence-corrected chi connectivity index (χ3v) is 5.27. The van der Waals surface area contributed by atoms with E-state index in [1.54, 1.807) is 6.07 Å². The Morgan fingerprint density at radius 2 is 1.94 bits per heavy atom. The molecule has 0 saturated carbocycles. The molecule has 2 aromatic heterocycles. The Labute approximate surface area is 180 Å². The minimum Gasteiger partial charge on any atom is -0.383 e. The summed E-state index contributed by atoms with van der Waals surface area (Å²) in [6, 6.07) is 7.40. The molecule has 1 aliphatic rings. The lowest BCUT2D eigenvalue weighted by atomic mass is 10.0. The van der Waals surface area contributed by atoms with Crippen LogP contribution in [0.15, 0.2) is 42.7 Å². The Hall–Kier alpha value is -3.39. The molecule has 1 aliphatic heterocycles. The molecule has 7 nitrogen and oxygen atoms in total. The lowest BCUT2D eigenvalue weighted by Gasteiger charge is -2.28. The Balaban J connectivity index is 1.48. The highest BCUT2D eigenvalue weighted by Crippen LogP contribution is 2.24. The zero-order chi connectivity index (χ0) is 22.0. The molecule has 1 amide bonds. The number of nitrogens with one attached hydrogen (secondary N) is 1. The van der Waals surface area contributed by atoms with E-state index in [9.17, 15) is 9.18 Å². The number of nitrogens with zero attached hydrogens (tertiary/aromatic N) is 4. The number of hydrogen-bond acceptors (Lipinski definition) is 6. The first-order chi connectivity index (χ1) is 14.9. The van der Waals surface area contributed by atoms with E-state index in [1.165, 1.54) is 24.3 Å². The molecule has 8 heteroatoms. The first-order valence-electron chi connectivity index (χ1n) is 10.3. The van der Waals surface area contributed by atoms with Crippen molar-refractivity contribution in [2.24, 2.45) is 0 Å². The van der Waals surface area contributed by atoms with Crippen LogP contribution in [0, 0.1) is 5.82 Å². The summed E-state index contributed by atoms with van der Waals surface area (Å²) in [4.78, 5) is 28.3. The summed E-state index contributed by atoms with van der Waals surface area (Å²) in [7, 11) is 0. The SMILES string of the molecule is CC(C)c1ncc(CN2CCc3nc(N)c(C(=O)Nc4ccc(F)cc4)cc3C2)cn1. The van der Waals surface area contributed by atoms with Gasteiger partial charge < -0.3 is 11.1 Å². The van der Waals surface area contributed by atoms with Gasteiger partial charge in [0, 0.05) is 61.3 Å². The standard InChI is InChI=1S/C23H25FN6O/c1-14(2)22-26-10-15(11-27-22)12-30-8-7-20-16(13-30)9-19(21(25)29-20)23(31)28-18-5-3-17(24)4-6-18/h3-6,9-11,14H,7-8,12-13H2,1-2H3,(H2,25,29)(H,28,31). The fourth-order valence-electron chi connectivity index (χ4n) is 3.60. The molecular formula is C23H25FN6O. The third kappa shape index (κ3) is 4.86. The predicted octanol–water partition coefficient (Wildman–Crippen LogP) is 3.53. The van der Waals surface area contributed by atoms with Crippen molar-refractivity contribution < 1.29 is 9.18 Å². The van der Waals surface area contributed by atoms with Crippen LogP contribution in [0.1, 0.15) is 52.8 Å². The molecule has 0 saturated heterocycles. The molecule has 0 radical (unpaired) electrons. The van der Waals surface area contributed by atoms with Crippen LogP contribution >= 0.6 is 0 Å². The second-order valence-electron chi connectivity index (χ2n) is 8.05. The van der Waals surface area contributed by atoms with Crippen LogP contribution in [0.4, 0.5) is 15.9 Å². The van der Waals surface area contributed by atoms with Crippen molar-refractivity contribution in [2.45, 2.75) is 39.3 Å². The highest BCUT2D eigenvalue weighted by molar-refractivity contribution is 6.07. The Morgan fingerprint density at radius 1 is 1.23 bits per heavy atom. The molecule has 3 N–H and O–H groups in total. The lowest BCUT2D eigenvalue weighted by molar-refractivity contribution is 0.102. The summed E-state index contributed by atoms with van der Waals surface area (Å²) >= 11 is 0. The highest BCUT2D eigenvalue weighted by Gasteiger charge is 2.22. The third-order valence-electron chi connectivity index (χ3n) is 5.27. The average Bonchev–Trinajstić information content (AvgIpc) is 2.75. The summed E-state index contributed by atoms with van der Waals surface area (Å²) < 4.78 is 13.1. The van der Waals surface area contributed by atoms with Crippen LogP contribution in [0.2, 0.25) is 0 Å². The Morgan fingerprint density at radius 3 is 2.61 bits per heavy atom. The van der Waals surface area contributed by atoms with Gasteiger partial charge in [-0.05, 0) is 35.9 Å². The molecule has 0 fully saturated rings. The van der Waals surface area contributed by atoms with Gasteiger partial charge in [0.25, 0.3) is 5.91 Å². The number of nitrogen functional groups attached to an aromatic ring is 1. The first kappa shape index (κ1) is 20.9. The number of aromatic nitrogens is 3. The maximum atomic E-state index is 13.1. The topological polar surface area (TPSA) is 97.0 Å². The second-order valence-corrected chi connectivity index (χ2v) is 8.05. The van der Waals surface area contributed by atoms with E-state index in [0.29, 0.717) is 23.7 Å². The fourth-order valence-corrected chi connectivity index (χ4v) is 3.60. The van der Waals surface area contributed by atoms with Crippen LogP contribution in [-0.4, -0.2) is 32.3 Å². The Kier molecular flexibility index (Phi) is 5.90. The van der Waals surface area contributed by atoms with Gasteiger partial charge >= 0.3 is 0 Å². The van der Waals surface area contributed by atoms with E-state index < -0.39 is 0 Å². The monoisotopic (exact) mass is 420 g/mol. The van der Waals surface area contributed by atoms with Crippen LogP contribution in [0.5, 0.6) is 0 Å². The van der Waals surface area contributed by atoms with Gasteiger partial charge in [0.15, 0.2) is 0 Å². The highest BCUT2D eigenvalue weighted by atomic mass is 19.1. The number of fused-ring (bicyclic) bond motifs is 1. The number of carbonyl (C=O) groups is 1. The van der Waals surface area contributed by atoms with E-state index in [-0.39, 0.29) is 17.5 Å². The van der Waals surface area contributed by atoms with Crippen LogP contribution < -0.4 is 11.1 Å². The number of hydrogen-bond donors (Lipinski definition) is 2. The minimum atomic E-state index is -0.366. The number of amides is 1. The van der Waals surface area contributed by atoms with Gasteiger partial charge in [0.05, 0.1) is 5.56 Å². The number of anilines is 2. The summed E-state index contributed by atoms with van der Waals surface area (Å²) in [5.74, 6) is 0.604. The Bertz CT molecular complexity index is 1080. The second kappa shape index (κ2) is 8.77. The van der Waals surface area contributed by atoms with Gasteiger partial charge in [0.1, 0.15) is 17.5 Å². The summed E-state index contributed by atoms with van der Waals surface area (Å²) in [5, 5.41) is 2.74. The summed E-state index contributed by atoms with van der Waals surface area (Å²) in [6.07, 6.45) is 4.51. The number of pyridine rings is 1. The van der Waals surface area contributed by atoms with Gasteiger partial charge in [-0.25, -0.2) is 19.3 Å². The molecule has 4 rings (SSSR count). The number of benzene rings is 1. The molecule has 0 unspecified atom stereocenters. The van der Waals surface area contributed by atoms with Crippen molar-refractivity contribution in [3.63, 3.8) is 0 Å². The quantitative estimate of drug-likeness (QED) is 0.655. The minimum absolute atomic E-state index is 0.199. The zero-order valence-corrected chi connectivity index (χ0v) is 17.6. The maximum absolute atomic E-state index is 13.1. The molecule has 0 atom stereocenters. The summed E-state index contributed by atoms with van der Waals surface area (Å²) in [5.41, 5.74) is 9.81. The maximum Gasteiger partial charge on any atom is 0.259 e. The largest absolute Gasteiger partial charge is 0.383 e. The average molecular weight is 420 g/mol. The molecular weight excluding hydrogens is 395 g/mol. The van der Waals surface area contributed by atoms with Crippen molar-refractivity contribution in [3.05, 3.63) is 76.8 Å². The number of carbonyl (C=O) groups excluding carboxylic acids is 1. The predicted molar refractivity (Wildman–Crippen MR) is 117 cm³/mol. The van der Waals surface area contributed by atoms with E-state index in [4.69, 9.17) is 5.73 Å². The van der Waals surface area contributed by atoms with Crippen molar-refractivity contribution in [3.8, 4) is 0 Å². The summed E-state index contributed by atoms with van der Waals surface area (Å²) in [6.45, 7) is 6.36. The van der Waals surface area contributed by atoms with E-state index >= 15 is 0 Å². The fraction of sp³-hybridized carbons (Fsp3) is 0.304. The van der Waals surface area contributed by atoms with Crippen molar-refractivity contribution >= 4 is 17.4 Å². The zero-order valence-electron chi connectivity index (χ0n) is 17.6. The van der Waals surface area contributed by atoms with E-state index in [1.807, 2.05) is 12.4 Å². The van der Waals surface area contributed by atoms with Gasteiger partial charge in [-0.3, -0.25) is 9.69 Å². The van der Waals surface area contributed by atoms with Gasteiger partial charge in [0.2, 0.25) is 0 Å². The number of halogens is 1. The molecule has 3 heterocycles. The van der Waals surface area contributed by atoms with Crippen LogP contribution in [-0.2, 0) is 19.5 Å². The molecule has 1 aromatic carbocycles. The van der Waals surface area contributed by atoms with Crippen molar-refractivity contribution in [1.29, 1.82) is 0 Å². The lowest BCUT2D eigenvalue weighted by Crippen LogP contribution is -2.31. The van der Waals surface area contributed by atoms with Crippen molar-refractivity contribution in [2.75, 3.05) is 17.6 Å². The van der Waals surface area contributed by atoms with E-state index in [0.717, 1.165) is 42.2 Å². The van der Waals surface area contributed by atoms with Gasteiger partial charge in [-0.15, -0.1) is 0 Å². The first-order valence-corrected chi connectivity index (χ1v) is 10.3. The molecule has 0 bridgehead atoms. The molecule has 31 heavy (non-hydrogen) atoms. The smallest absolute Gasteiger partial charge is 0.259 e. The normalized spacial score (nSPS) is 13.8. The number of rotatable bonds is 5. The number of nitrogens with two attached hydrogens (primary N) is 1. The van der Waals surface area contributed by atoms with Gasteiger partial charge in [-0.1, -0.05) is 13.8 Å². The van der Waals surface area contributed by atoms with Gasteiger partial charge in [-0.2, -0.15) is 0 Å².